The second-order valence-electron chi connectivity index (χ2n) is 8.80. The highest BCUT2D eigenvalue weighted by atomic mass is 16.5. The van der Waals surface area contributed by atoms with Crippen LogP contribution in [-0.2, 0) is 4.79 Å². The van der Waals surface area contributed by atoms with E-state index in [4.69, 9.17) is 9.47 Å². The van der Waals surface area contributed by atoms with Crippen LogP contribution in [0.4, 0.5) is 11.4 Å². The molecule has 3 aromatic carbocycles. The van der Waals surface area contributed by atoms with Crippen molar-refractivity contribution in [1.82, 2.24) is 0 Å². The number of carbonyl (C=O) groups excluding carboxylic acids is 1. The molecule has 0 aliphatic heterocycles. The van der Waals surface area contributed by atoms with Gasteiger partial charge in [0.2, 0.25) is 5.91 Å². The number of amides is 1. The molecule has 1 aliphatic rings. The number of hydrogen-bond donors (Lipinski definition) is 1. The number of rotatable bonds is 7. The molecule has 1 amide bonds. The first-order chi connectivity index (χ1) is 17.0. The van der Waals surface area contributed by atoms with E-state index in [2.05, 4.69) is 0 Å². The van der Waals surface area contributed by atoms with E-state index in [0.29, 0.717) is 22.9 Å². The van der Waals surface area contributed by atoms with Crippen LogP contribution >= 0.6 is 0 Å². The predicted molar refractivity (Wildman–Crippen MR) is 136 cm³/mol. The van der Waals surface area contributed by atoms with Gasteiger partial charge in [-0.3, -0.25) is 9.69 Å². The Kier molecular flexibility index (Phi) is 8.03. The van der Waals surface area contributed by atoms with Gasteiger partial charge in [-0.15, -0.1) is 0 Å². The summed E-state index contributed by atoms with van der Waals surface area (Å²) in [5.74, 6) is 0.584. The van der Waals surface area contributed by atoms with E-state index in [-0.39, 0.29) is 17.6 Å². The van der Waals surface area contributed by atoms with Gasteiger partial charge in [-0.1, -0.05) is 43.5 Å². The Morgan fingerprint density at radius 3 is 2.06 bits per heavy atom. The molecule has 0 bridgehead atoms. The van der Waals surface area contributed by atoms with Crippen LogP contribution in [0, 0.1) is 0 Å². The van der Waals surface area contributed by atoms with Crippen LogP contribution in [-0.4, -0.2) is 23.1 Å². The SMILES string of the molecule is CC(=O)N(c1ccc(Oc2ccccc2OC2CCCCCCC2)cc1)c1ccccc1C(=O)O. The summed E-state index contributed by atoms with van der Waals surface area (Å²) in [6, 6.07) is 21.1. The smallest absolute Gasteiger partial charge is 0.337 e. The predicted octanol–water partition coefficient (Wildman–Crippen LogP) is 7.35. The molecule has 0 atom stereocenters. The van der Waals surface area contributed by atoms with Gasteiger partial charge in [-0.25, -0.2) is 4.79 Å². The molecule has 0 saturated heterocycles. The minimum absolute atomic E-state index is 0.0586. The number of carboxylic acids is 1. The molecule has 0 radical (unpaired) electrons. The van der Waals surface area contributed by atoms with E-state index in [1.807, 2.05) is 24.3 Å². The Bertz CT molecular complexity index is 1150. The van der Waals surface area contributed by atoms with Crippen molar-refractivity contribution in [3.05, 3.63) is 78.4 Å². The van der Waals surface area contributed by atoms with Crippen LogP contribution in [0.2, 0.25) is 0 Å². The van der Waals surface area contributed by atoms with E-state index in [1.54, 1.807) is 42.5 Å². The number of carbonyl (C=O) groups is 2. The van der Waals surface area contributed by atoms with Crippen LogP contribution < -0.4 is 14.4 Å². The summed E-state index contributed by atoms with van der Waals surface area (Å²) in [4.78, 5) is 25.5. The number of hydrogen-bond acceptors (Lipinski definition) is 4. The molecule has 4 rings (SSSR count). The number of benzene rings is 3. The van der Waals surface area contributed by atoms with Gasteiger partial charge >= 0.3 is 5.97 Å². The Hall–Kier alpha value is -3.80. The van der Waals surface area contributed by atoms with Crippen molar-refractivity contribution < 1.29 is 24.2 Å². The monoisotopic (exact) mass is 473 g/mol. The maximum atomic E-state index is 12.5. The first-order valence-corrected chi connectivity index (χ1v) is 12.2. The standard InChI is InChI=1S/C29H31NO5/c1-21(31)30(26-14-8-7-13-25(26)29(32)33)22-17-19-24(20-18-22)35-28-16-10-9-15-27(28)34-23-11-5-3-2-4-6-12-23/h7-10,13-20,23H,2-6,11-12H2,1H3,(H,32,33). The highest BCUT2D eigenvalue weighted by molar-refractivity contribution is 6.05. The Balaban J connectivity index is 1.53. The molecule has 0 spiro atoms. The first kappa shape index (κ1) is 24.3. The summed E-state index contributed by atoms with van der Waals surface area (Å²) in [5.41, 5.74) is 0.931. The minimum Gasteiger partial charge on any atom is -0.487 e. The average molecular weight is 474 g/mol. The third-order valence-corrected chi connectivity index (χ3v) is 6.21. The van der Waals surface area contributed by atoms with E-state index in [1.165, 1.54) is 50.0 Å². The quantitative estimate of drug-likeness (QED) is 0.388. The fourth-order valence-corrected chi connectivity index (χ4v) is 4.48. The Labute approximate surface area is 206 Å². The Morgan fingerprint density at radius 2 is 1.40 bits per heavy atom. The summed E-state index contributed by atoms with van der Waals surface area (Å²) in [6.07, 6.45) is 8.52. The number of para-hydroxylation sites is 3. The molecule has 1 N–H and O–H groups in total. The van der Waals surface area contributed by atoms with Gasteiger partial charge in [-0.05, 0) is 74.2 Å². The third kappa shape index (κ3) is 6.21. The summed E-state index contributed by atoms with van der Waals surface area (Å²) >= 11 is 0. The molecule has 6 nitrogen and oxygen atoms in total. The largest absolute Gasteiger partial charge is 0.487 e. The summed E-state index contributed by atoms with van der Waals surface area (Å²) in [6.45, 7) is 1.41. The van der Waals surface area contributed by atoms with E-state index in [0.717, 1.165) is 18.6 Å². The van der Waals surface area contributed by atoms with Crippen molar-refractivity contribution in [2.24, 2.45) is 0 Å². The van der Waals surface area contributed by atoms with Crippen LogP contribution in [0.3, 0.4) is 0 Å². The van der Waals surface area contributed by atoms with Crippen molar-refractivity contribution >= 4 is 23.3 Å². The number of anilines is 2. The van der Waals surface area contributed by atoms with Gasteiger partial charge in [0, 0.05) is 12.6 Å². The topological polar surface area (TPSA) is 76.1 Å². The number of nitrogens with zero attached hydrogens (tertiary/aromatic N) is 1. The molecule has 6 heteroatoms. The molecule has 1 saturated carbocycles. The van der Waals surface area contributed by atoms with Gasteiger partial charge in [0.1, 0.15) is 5.75 Å². The van der Waals surface area contributed by atoms with Gasteiger partial charge in [0.15, 0.2) is 11.5 Å². The first-order valence-electron chi connectivity index (χ1n) is 12.2. The molecular weight excluding hydrogens is 442 g/mol. The molecule has 35 heavy (non-hydrogen) atoms. The molecule has 182 valence electrons. The number of aromatic carboxylic acids is 1. The van der Waals surface area contributed by atoms with Crippen molar-refractivity contribution in [1.29, 1.82) is 0 Å². The zero-order chi connectivity index (χ0) is 24.6. The van der Waals surface area contributed by atoms with Gasteiger partial charge in [-0.2, -0.15) is 0 Å². The van der Waals surface area contributed by atoms with Crippen molar-refractivity contribution in [2.75, 3.05) is 4.90 Å². The molecule has 1 fully saturated rings. The summed E-state index contributed by atoms with van der Waals surface area (Å²) in [7, 11) is 0. The lowest BCUT2D eigenvalue weighted by atomic mass is 9.98. The zero-order valence-electron chi connectivity index (χ0n) is 20.0. The van der Waals surface area contributed by atoms with Crippen LogP contribution in [0.1, 0.15) is 62.2 Å². The van der Waals surface area contributed by atoms with E-state index >= 15 is 0 Å². The number of ether oxygens (including phenoxy) is 2. The normalized spacial score (nSPS) is 14.4. The van der Waals surface area contributed by atoms with Gasteiger partial charge < -0.3 is 14.6 Å². The molecule has 0 unspecified atom stereocenters. The summed E-state index contributed by atoms with van der Waals surface area (Å²) in [5, 5.41) is 9.55. The lowest BCUT2D eigenvalue weighted by Gasteiger charge is -2.24. The maximum Gasteiger partial charge on any atom is 0.337 e. The molecule has 3 aromatic rings. The zero-order valence-corrected chi connectivity index (χ0v) is 20.0. The summed E-state index contributed by atoms with van der Waals surface area (Å²) < 4.78 is 12.5. The lowest BCUT2D eigenvalue weighted by Crippen LogP contribution is -2.24. The second kappa shape index (κ2) is 11.6. The van der Waals surface area contributed by atoms with E-state index < -0.39 is 5.97 Å². The second-order valence-corrected chi connectivity index (χ2v) is 8.80. The number of carboxylic acid groups (broad SMARTS) is 1. The van der Waals surface area contributed by atoms with Crippen molar-refractivity contribution in [3.8, 4) is 17.2 Å². The lowest BCUT2D eigenvalue weighted by molar-refractivity contribution is -0.115. The minimum atomic E-state index is -1.09. The van der Waals surface area contributed by atoms with Gasteiger partial charge in [0.25, 0.3) is 0 Å². The van der Waals surface area contributed by atoms with Crippen molar-refractivity contribution in [3.63, 3.8) is 0 Å². The average Bonchev–Trinajstić information content (AvgIpc) is 2.83. The molecule has 0 aromatic heterocycles. The maximum absolute atomic E-state index is 12.5. The highest BCUT2D eigenvalue weighted by Crippen LogP contribution is 2.35. The van der Waals surface area contributed by atoms with Crippen LogP contribution in [0.5, 0.6) is 17.2 Å². The van der Waals surface area contributed by atoms with E-state index in [9.17, 15) is 14.7 Å². The molecule has 0 heterocycles. The van der Waals surface area contributed by atoms with Crippen molar-refractivity contribution in [2.45, 2.75) is 58.0 Å². The highest BCUT2D eigenvalue weighted by Gasteiger charge is 2.21. The van der Waals surface area contributed by atoms with Crippen LogP contribution in [0.15, 0.2) is 72.8 Å². The fraction of sp³-hybridized carbons (Fsp3) is 0.310. The van der Waals surface area contributed by atoms with Crippen LogP contribution in [0.25, 0.3) is 0 Å². The fourth-order valence-electron chi connectivity index (χ4n) is 4.48. The Morgan fingerprint density at radius 1 is 0.800 bits per heavy atom. The third-order valence-electron chi connectivity index (χ3n) is 6.21. The molecular formula is C29H31NO5. The van der Waals surface area contributed by atoms with Gasteiger partial charge in [0.05, 0.1) is 17.4 Å². The molecule has 1 aliphatic carbocycles.